The van der Waals surface area contributed by atoms with Crippen LogP contribution in [0.15, 0.2) is 11.6 Å². The lowest BCUT2D eigenvalue weighted by Gasteiger charge is -2.47. The van der Waals surface area contributed by atoms with Gasteiger partial charge in [0.1, 0.15) is 0 Å². The molecule has 15 heavy (non-hydrogen) atoms. The molecule has 0 radical (unpaired) electrons. The highest BCUT2D eigenvalue weighted by atomic mass is 32.2. The first-order chi connectivity index (χ1) is 7.27. The van der Waals surface area contributed by atoms with Crippen LogP contribution in [0.5, 0.6) is 0 Å². The molecule has 1 saturated heterocycles. The van der Waals surface area contributed by atoms with Crippen molar-refractivity contribution < 1.29 is 0 Å². The SMILES string of the molecule is CC1=CC[C@@]23CCCCC[C@@]2(CSC3)C1. The summed E-state index contributed by atoms with van der Waals surface area (Å²) in [5.74, 6) is 2.91. The minimum absolute atomic E-state index is 0.715. The number of hydrogen-bond donors (Lipinski definition) is 0. The smallest absolute Gasteiger partial charge is 0.000179 e. The van der Waals surface area contributed by atoms with Crippen LogP contribution in [0.25, 0.3) is 0 Å². The van der Waals surface area contributed by atoms with E-state index in [1.54, 1.807) is 5.57 Å². The Kier molecular flexibility index (Phi) is 2.43. The highest BCUT2D eigenvalue weighted by Crippen LogP contribution is 2.63. The lowest BCUT2D eigenvalue weighted by atomic mass is 9.56. The normalized spacial score (nSPS) is 45.3. The number of thioether (sulfide) groups is 1. The molecule has 2 atom stereocenters. The van der Waals surface area contributed by atoms with Crippen LogP contribution in [0.1, 0.15) is 51.9 Å². The van der Waals surface area contributed by atoms with Gasteiger partial charge in [-0.1, -0.05) is 30.9 Å². The first-order valence-electron chi connectivity index (χ1n) is 6.50. The molecular formula is C14H22S. The summed E-state index contributed by atoms with van der Waals surface area (Å²) in [6, 6.07) is 0. The largest absolute Gasteiger partial charge is 0.161 e. The van der Waals surface area contributed by atoms with Crippen LogP contribution in [-0.2, 0) is 0 Å². The van der Waals surface area contributed by atoms with Gasteiger partial charge in [-0.2, -0.15) is 11.8 Å². The Balaban J connectivity index is 2.00. The lowest BCUT2D eigenvalue weighted by molar-refractivity contribution is 0.0741. The molecule has 1 saturated carbocycles. The summed E-state index contributed by atoms with van der Waals surface area (Å²) >= 11 is 2.24. The summed E-state index contributed by atoms with van der Waals surface area (Å²) in [4.78, 5) is 0. The molecule has 0 aromatic carbocycles. The van der Waals surface area contributed by atoms with Gasteiger partial charge in [-0.05, 0) is 54.9 Å². The van der Waals surface area contributed by atoms with Crippen LogP contribution >= 0.6 is 11.8 Å². The summed E-state index contributed by atoms with van der Waals surface area (Å²) < 4.78 is 0. The topological polar surface area (TPSA) is 0 Å². The number of allylic oxidation sites excluding steroid dienone is 2. The minimum atomic E-state index is 0.715. The molecule has 0 aromatic heterocycles. The Bertz CT molecular complexity index is 294. The summed E-state index contributed by atoms with van der Waals surface area (Å²) in [6.07, 6.45) is 12.9. The van der Waals surface area contributed by atoms with Crippen molar-refractivity contribution in [2.75, 3.05) is 11.5 Å². The van der Waals surface area contributed by atoms with E-state index in [0.29, 0.717) is 10.8 Å². The van der Waals surface area contributed by atoms with Crippen molar-refractivity contribution in [3.05, 3.63) is 11.6 Å². The number of hydrogen-bond acceptors (Lipinski definition) is 1. The van der Waals surface area contributed by atoms with Crippen LogP contribution in [0.2, 0.25) is 0 Å². The van der Waals surface area contributed by atoms with Gasteiger partial charge in [0.2, 0.25) is 0 Å². The van der Waals surface area contributed by atoms with Crippen molar-refractivity contribution in [1.82, 2.24) is 0 Å². The van der Waals surface area contributed by atoms with E-state index in [0.717, 1.165) is 0 Å². The second-order valence-corrected chi connectivity index (χ2v) is 7.03. The maximum Gasteiger partial charge on any atom is -0.000179 e. The molecule has 0 spiro atoms. The van der Waals surface area contributed by atoms with Crippen LogP contribution in [0.3, 0.4) is 0 Å². The molecule has 0 bridgehead atoms. The third-order valence-corrected chi connectivity index (χ3v) is 6.66. The van der Waals surface area contributed by atoms with E-state index in [1.165, 1.54) is 56.5 Å². The average molecular weight is 222 g/mol. The Hall–Kier alpha value is 0.0900. The quantitative estimate of drug-likeness (QED) is 0.547. The summed E-state index contributed by atoms with van der Waals surface area (Å²) in [5.41, 5.74) is 3.11. The van der Waals surface area contributed by atoms with Crippen molar-refractivity contribution in [3.63, 3.8) is 0 Å². The minimum Gasteiger partial charge on any atom is -0.161 e. The Morgan fingerprint density at radius 2 is 1.80 bits per heavy atom. The number of rotatable bonds is 0. The van der Waals surface area contributed by atoms with Crippen LogP contribution < -0.4 is 0 Å². The van der Waals surface area contributed by atoms with E-state index in [2.05, 4.69) is 24.8 Å². The van der Waals surface area contributed by atoms with Crippen molar-refractivity contribution in [1.29, 1.82) is 0 Å². The molecule has 1 heteroatoms. The molecule has 0 N–H and O–H groups in total. The zero-order chi connectivity index (χ0) is 10.4. The van der Waals surface area contributed by atoms with Gasteiger partial charge in [0, 0.05) is 0 Å². The molecule has 1 heterocycles. The van der Waals surface area contributed by atoms with Gasteiger partial charge in [-0.15, -0.1) is 0 Å². The standard InChI is InChI=1S/C14H22S/c1-12-5-8-13-6-3-2-4-7-14(13,9-12)11-15-10-13/h5H,2-4,6-11H2,1H3/t13-,14+/m1/s1. The van der Waals surface area contributed by atoms with Gasteiger partial charge in [0.05, 0.1) is 0 Å². The predicted octanol–water partition coefficient (Wildman–Crippen LogP) is 4.41. The van der Waals surface area contributed by atoms with Crippen molar-refractivity contribution >= 4 is 11.8 Å². The van der Waals surface area contributed by atoms with Crippen LogP contribution in [0.4, 0.5) is 0 Å². The molecule has 3 aliphatic rings. The summed E-state index contributed by atoms with van der Waals surface area (Å²) in [6.45, 7) is 2.35. The monoisotopic (exact) mass is 222 g/mol. The lowest BCUT2D eigenvalue weighted by Crippen LogP contribution is -2.42. The maximum atomic E-state index is 2.55. The van der Waals surface area contributed by atoms with E-state index in [-0.39, 0.29) is 0 Å². The first kappa shape index (κ1) is 10.3. The van der Waals surface area contributed by atoms with Gasteiger partial charge in [-0.3, -0.25) is 0 Å². The van der Waals surface area contributed by atoms with E-state index < -0.39 is 0 Å². The van der Waals surface area contributed by atoms with E-state index >= 15 is 0 Å². The molecule has 0 nitrogen and oxygen atoms in total. The summed E-state index contributed by atoms with van der Waals surface area (Å²) in [5, 5.41) is 0. The molecule has 0 unspecified atom stereocenters. The molecule has 3 rings (SSSR count). The van der Waals surface area contributed by atoms with E-state index in [1.807, 2.05) is 0 Å². The first-order valence-corrected chi connectivity index (χ1v) is 7.65. The highest BCUT2D eigenvalue weighted by Gasteiger charge is 2.55. The predicted molar refractivity (Wildman–Crippen MR) is 68.3 cm³/mol. The van der Waals surface area contributed by atoms with Crippen LogP contribution in [0, 0.1) is 10.8 Å². The van der Waals surface area contributed by atoms with Crippen molar-refractivity contribution in [2.45, 2.75) is 51.9 Å². The molecule has 2 fully saturated rings. The zero-order valence-corrected chi connectivity index (χ0v) is 10.7. The molecule has 84 valence electrons. The van der Waals surface area contributed by atoms with E-state index in [9.17, 15) is 0 Å². The molecular weight excluding hydrogens is 200 g/mol. The third-order valence-electron chi connectivity index (χ3n) is 5.15. The fraction of sp³-hybridized carbons (Fsp3) is 0.857. The Morgan fingerprint density at radius 1 is 1.07 bits per heavy atom. The third kappa shape index (κ3) is 1.42. The van der Waals surface area contributed by atoms with Crippen molar-refractivity contribution in [3.8, 4) is 0 Å². The Labute approximate surface area is 97.9 Å². The van der Waals surface area contributed by atoms with Gasteiger partial charge in [-0.25, -0.2) is 0 Å². The van der Waals surface area contributed by atoms with Crippen LogP contribution in [-0.4, -0.2) is 11.5 Å². The average Bonchev–Trinajstić information content (AvgIpc) is 2.47. The Morgan fingerprint density at radius 3 is 2.67 bits per heavy atom. The summed E-state index contributed by atoms with van der Waals surface area (Å²) in [7, 11) is 0. The molecule has 1 aliphatic heterocycles. The van der Waals surface area contributed by atoms with Gasteiger partial charge < -0.3 is 0 Å². The van der Waals surface area contributed by atoms with Gasteiger partial charge in [0.25, 0.3) is 0 Å². The second kappa shape index (κ2) is 3.55. The van der Waals surface area contributed by atoms with Gasteiger partial charge in [0.15, 0.2) is 0 Å². The second-order valence-electron chi connectivity index (χ2n) is 6.05. The molecule has 2 aliphatic carbocycles. The highest BCUT2D eigenvalue weighted by molar-refractivity contribution is 7.99. The molecule has 0 aromatic rings. The van der Waals surface area contributed by atoms with Gasteiger partial charge >= 0.3 is 0 Å². The maximum absolute atomic E-state index is 2.55. The molecule has 0 amide bonds. The van der Waals surface area contributed by atoms with Crippen molar-refractivity contribution in [2.24, 2.45) is 10.8 Å². The fourth-order valence-electron chi connectivity index (χ4n) is 4.21. The fourth-order valence-corrected chi connectivity index (χ4v) is 6.21. The zero-order valence-electron chi connectivity index (χ0n) is 9.85. The van der Waals surface area contributed by atoms with E-state index in [4.69, 9.17) is 0 Å².